The van der Waals surface area contributed by atoms with E-state index in [0.717, 1.165) is 57.7 Å². The molecule has 0 aromatic carbocycles. The Morgan fingerprint density at radius 2 is 2.13 bits per heavy atom. The Kier molecular flexibility index (Phi) is 6.05. The van der Waals surface area contributed by atoms with Crippen LogP contribution in [0, 0.1) is 0 Å². The Labute approximate surface area is 137 Å². The second kappa shape index (κ2) is 8.45. The van der Waals surface area contributed by atoms with Crippen molar-refractivity contribution in [1.29, 1.82) is 0 Å². The van der Waals surface area contributed by atoms with Gasteiger partial charge in [-0.3, -0.25) is 4.79 Å². The summed E-state index contributed by atoms with van der Waals surface area (Å²) >= 11 is 0. The minimum absolute atomic E-state index is 0.0602. The van der Waals surface area contributed by atoms with Crippen molar-refractivity contribution >= 4 is 5.69 Å². The molecule has 2 saturated heterocycles. The maximum Gasteiger partial charge on any atom is 0.290 e. The smallest absolute Gasteiger partial charge is 0.290 e. The molecule has 3 heterocycles. The summed E-state index contributed by atoms with van der Waals surface area (Å²) in [6.45, 7) is 5.39. The Morgan fingerprint density at radius 3 is 2.91 bits per heavy atom. The second-order valence-corrected chi connectivity index (χ2v) is 6.49. The lowest BCUT2D eigenvalue weighted by atomic mass is 10.1. The number of aromatic nitrogens is 2. The van der Waals surface area contributed by atoms with E-state index in [9.17, 15) is 4.79 Å². The zero-order chi connectivity index (χ0) is 15.9. The summed E-state index contributed by atoms with van der Waals surface area (Å²) < 4.78 is 7.33. The maximum absolute atomic E-state index is 12.6. The highest BCUT2D eigenvalue weighted by atomic mass is 16.5. The van der Waals surface area contributed by atoms with Gasteiger partial charge in [0.1, 0.15) is 5.69 Å². The van der Waals surface area contributed by atoms with Crippen LogP contribution in [0.2, 0.25) is 0 Å². The van der Waals surface area contributed by atoms with E-state index in [1.165, 1.54) is 19.3 Å². The SMILES string of the molecule is O=c1c(N2CCCCC2)ccnn1CCCCC1CNCCO1. The van der Waals surface area contributed by atoms with E-state index in [0.29, 0.717) is 12.6 Å². The number of nitrogens with one attached hydrogen (secondary N) is 1. The molecule has 6 nitrogen and oxygen atoms in total. The summed E-state index contributed by atoms with van der Waals surface area (Å²) in [6.07, 6.45) is 8.80. The molecule has 1 aromatic heterocycles. The Bertz CT molecular complexity index is 534. The van der Waals surface area contributed by atoms with E-state index in [4.69, 9.17) is 4.74 Å². The first-order valence-corrected chi connectivity index (χ1v) is 8.98. The third-order valence-corrected chi connectivity index (χ3v) is 4.74. The van der Waals surface area contributed by atoms with Crippen LogP contribution in [0.4, 0.5) is 5.69 Å². The van der Waals surface area contributed by atoms with E-state index >= 15 is 0 Å². The second-order valence-electron chi connectivity index (χ2n) is 6.49. The molecule has 2 aliphatic heterocycles. The molecule has 1 aromatic rings. The number of ether oxygens (including phenoxy) is 1. The molecule has 0 bridgehead atoms. The minimum atomic E-state index is 0.0602. The standard InChI is InChI=1S/C17H28N4O2/c22-17-16(20-10-3-1-4-11-20)7-8-19-21(17)12-5-2-6-15-14-18-9-13-23-15/h7-8,15,18H,1-6,9-14H2. The molecule has 0 amide bonds. The molecule has 0 aliphatic carbocycles. The third kappa shape index (κ3) is 4.54. The quantitative estimate of drug-likeness (QED) is 0.803. The number of piperidine rings is 1. The molecule has 3 rings (SSSR count). The van der Waals surface area contributed by atoms with Gasteiger partial charge in [-0.1, -0.05) is 0 Å². The summed E-state index contributed by atoms with van der Waals surface area (Å²) in [5.41, 5.74) is 0.879. The van der Waals surface area contributed by atoms with Crippen LogP contribution >= 0.6 is 0 Å². The van der Waals surface area contributed by atoms with Gasteiger partial charge in [-0.25, -0.2) is 4.68 Å². The van der Waals surface area contributed by atoms with Crippen molar-refractivity contribution < 1.29 is 4.74 Å². The first-order chi connectivity index (χ1) is 11.3. The van der Waals surface area contributed by atoms with Gasteiger partial charge in [0, 0.05) is 38.9 Å². The summed E-state index contributed by atoms with van der Waals surface area (Å²) in [4.78, 5) is 14.8. The van der Waals surface area contributed by atoms with Crippen LogP contribution in [0.1, 0.15) is 38.5 Å². The summed E-state index contributed by atoms with van der Waals surface area (Å²) in [5, 5.41) is 7.60. The highest BCUT2D eigenvalue weighted by molar-refractivity contribution is 5.43. The number of rotatable bonds is 6. The average molecular weight is 320 g/mol. The van der Waals surface area contributed by atoms with Crippen molar-refractivity contribution in [2.75, 3.05) is 37.7 Å². The number of hydrogen-bond donors (Lipinski definition) is 1. The molecule has 128 valence electrons. The summed E-state index contributed by atoms with van der Waals surface area (Å²) in [6, 6.07) is 1.87. The molecule has 0 saturated carbocycles. The van der Waals surface area contributed by atoms with Gasteiger partial charge in [0.15, 0.2) is 0 Å². The zero-order valence-electron chi connectivity index (χ0n) is 13.9. The van der Waals surface area contributed by atoms with Crippen molar-refractivity contribution in [2.24, 2.45) is 0 Å². The van der Waals surface area contributed by atoms with Crippen LogP contribution < -0.4 is 15.8 Å². The lowest BCUT2D eigenvalue weighted by Gasteiger charge is -2.28. The highest BCUT2D eigenvalue weighted by Gasteiger charge is 2.16. The van der Waals surface area contributed by atoms with E-state index in [1.54, 1.807) is 10.9 Å². The molecule has 0 radical (unpaired) electrons. The summed E-state index contributed by atoms with van der Waals surface area (Å²) in [7, 11) is 0. The van der Waals surface area contributed by atoms with Crippen LogP contribution in [0.25, 0.3) is 0 Å². The Balaban J connectivity index is 1.50. The number of hydrogen-bond acceptors (Lipinski definition) is 5. The number of anilines is 1. The van der Waals surface area contributed by atoms with E-state index in [1.807, 2.05) is 6.07 Å². The predicted molar refractivity (Wildman–Crippen MR) is 91.0 cm³/mol. The summed E-state index contributed by atoms with van der Waals surface area (Å²) in [5.74, 6) is 0. The van der Waals surface area contributed by atoms with E-state index in [2.05, 4.69) is 15.3 Å². The molecule has 2 fully saturated rings. The average Bonchev–Trinajstić information content (AvgIpc) is 2.61. The number of unbranched alkanes of at least 4 members (excludes halogenated alkanes) is 1. The fourth-order valence-corrected chi connectivity index (χ4v) is 3.41. The van der Waals surface area contributed by atoms with E-state index in [-0.39, 0.29) is 5.56 Å². The van der Waals surface area contributed by atoms with Crippen LogP contribution in [-0.2, 0) is 11.3 Å². The van der Waals surface area contributed by atoms with Crippen LogP contribution in [0.5, 0.6) is 0 Å². The van der Waals surface area contributed by atoms with Crippen molar-refractivity contribution in [3.05, 3.63) is 22.6 Å². The molecule has 23 heavy (non-hydrogen) atoms. The van der Waals surface area contributed by atoms with Gasteiger partial charge < -0.3 is 15.0 Å². The molecule has 0 spiro atoms. The molecular formula is C17H28N4O2. The Morgan fingerprint density at radius 1 is 1.26 bits per heavy atom. The van der Waals surface area contributed by atoms with Crippen molar-refractivity contribution in [3.63, 3.8) is 0 Å². The predicted octanol–water partition coefficient (Wildman–Crippen LogP) is 1.39. The number of morpholine rings is 1. The van der Waals surface area contributed by atoms with Crippen LogP contribution in [0.15, 0.2) is 17.1 Å². The third-order valence-electron chi connectivity index (χ3n) is 4.74. The molecule has 6 heteroatoms. The molecule has 1 N–H and O–H groups in total. The van der Waals surface area contributed by atoms with Crippen molar-refractivity contribution in [1.82, 2.24) is 15.1 Å². The molecule has 2 aliphatic rings. The highest BCUT2D eigenvalue weighted by Crippen LogP contribution is 2.15. The molecule has 1 unspecified atom stereocenters. The van der Waals surface area contributed by atoms with E-state index < -0.39 is 0 Å². The maximum atomic E-state index is 12.6. The Hall–Kier alpha value is -1.40. The van der Waals surface area contributed by atoms with Gasteiger partial charge in [0.25, 0.3) is 5.56 Å². The van der Waals surface area contributed by atoms with Gasteiger partial charge in [-0.15, -0.1) is 0 Å². The molecular weight excluding hydrogens is 292 g/mol. The first kappa shape index (κ1) is 16.5. The fourth-order valence-electron chi connectivity index (χ4n) is 3.41. The monoisotopic (exact) mass is 320 g/mol. The van der Waals surface area contributed by atoms with Crippen LogP contribution in [0.3, 0.4) is 0 Å². The van der Waals surface area contributed by atoms with Gasteiger partial charge in [-0.05, 0) is 44.6 Å². The topological polar surface area (TPSA) is 59.4 Å². The van der Waals surface area contributed by atoms with Gasteiger partial charge in [0.05, 0.1) is 12.7 Å². The fraction of sp³-hybridized carbons (Fsp3) is 0.765. The lowest BCUT2D eigenvalue weighted by Crippen LogP contribution is -2.38. The van der Waals surface area contributed by atoms with Crippen molar-refractivity contribution in [2.45, 2.75) is 51.2 Å². The molecule has 1 atom stereocenters. The normalized spacial score (nSPS) is 22.3. The van der Waals surface area contributed by atoms with Crippen molar-refractivity contribution in [3.8, 4) is 0 Å². The first-order valence-electron chi connectivity index (χ1n) is 8.98. The number of nitrogens with zero attached hydrogens (tertiary/aromatic N) is 3. The van der Waals surface area contributed by atoms with Crippen LogP contribution in [-0.4, -0.2) is 48.7 Å². The van der Waals surface area contributed by atoms with Gasteiger partial charge >= 0.3 is 0 Å². The van der Waals surface area contributed by atoms with Gasteiger partial charge in [0.2, 0.25) is 0 Å². The van der Waals surface area contributed by atoms with Gasteiger partial charge in [-0.2, -0.15) is 5.10 Å². The number of aryl methyl sites for hydroxylation is 1. The zero-order valence-corrected chi connectivity index (χ0v) is 13.9. The largest absolute Gasteiger partial charge is 0.376 e. The lowest BCUT2D eigenvalue weighted by molar-refractivity contribution is 0.0219. The minimum Gasteiger partial charge on any atom is -0.376 e.